The Kier molecular flexibility index (Phi) is 3.64. The summed E-state index contributed by atoms with van der Waals surface area (Å²) in [6, 6.07) is 5.20. The zero-order valence-corrected chi connectivity index (χ0v) is 8.41. The number of hydrogen-bond acceptors (Lipinski definition) is 2. The maximum atomic E-state index is 10.5. The molecular formula is C12H11NO2. The van der Waals surface area contributed by atoms with Crippen molar-refractivity contribution in [2.24, 2.45) is 5.73 Å². The number of rotatable bonds is 2. The van der Waals surface area contributed by atoms with Crippen LogP contribution in [0.3, 0.4) is 0 Å². The summed E-state index contributed by atoms with van der Waals surface area (Å²) in [6.45, 7) is 1.86. The van der Waals surface area contributed by atoms with E-state index in [9.17, 15) is 9.59 Å². The van der Waals surface area contributed by atoms with Gasteiger partial charge in [0.05, 0.1) is 6.42 Å². The summed E-state index contributed by atoms with van der Waals surface area (Å²) in [5.41, 5.74) is 7.29. The zero-order chi connectivity index (χ0) is 11.3. The number of benzene rings is 1. The number of amides is 1. The molecule has 0 aliphatic rings. The summed E-state index contributed by atoms with van der Waals surface area (Å²) in [4.78, 5) is 20.9. The highest BCUT2D eigenvalue weighted by Gasteiger charge is 1.96. The average molecular weight is 201 g/mol. The molecule has 1 amide bonds. The first-order valence-electron chi connectivity index (χ1n) is 4.46. The van der Waals surface area contributed by atoms with Crippen molar-refractivity contribution < 1.29 is 9.59 Å². The Bertz CT molecular complexity index is 452. The molecule has 0 aliphatic heterocycles. The molecule has 0 saturated heterocycles. The molecule has 1 aromatic carbocycles. The lowest BCUT2D eigenvalue weighted by atomic mass is 10.1. The van der Waals surface area contributed by atoms with Gasteiger partial charge in [0, 0.05) is 11.1 Å². The van der Waals surface area contributed by atoms with Gasteiger partial charge in [-0.3, -0.25) is 9.59 Å². The molecule has 15 heavy (non-hydrogen) atoms. The van der Waals surface area contributed by atoms with Crippen molar-refractivity contribution in [3.05, 3.63) is 34.9 Å². The molecule has 3 nitrogen and oxygen atoms in total. The molecule has 2 N–H and O–H groups in total. The van der Waals surface area contributed by atoms with E-state index in [1.807, 2.05) is 6.92 Å². The van der Waals surface area contributed by atoms with Crippen LogP contribution in [0.2, 0.25) is 0 Å². The third-order valence-corrected chi connectivity index (χ3v) is 1.87. The van der Waals surface area contributed by atoms with E-state index in [0.717, 1.165) is 17.4 Å². The van der Waals surface area contributed by atoms with Crippen molar-refractivity contribution in [2.75, 3.05) is 0 Å². The second-order valence-electron chi connectivity index (χ2n) is 3.14. The predicted octanol–water partition coefficient (Wildman–Crippen LogP) is 1.03. The summed E-state index contributed by atoms with van der Waals surface area (Å²) >= 11 is 0. The number of primary amides is 1. The Labute approximate surface area is 88.3 Å². The fourth-order valence-electron chi connectivity index (χ4n) is 1.13. The second kappa shape index (κ2) is 4.97. The van der Waals surface area contributed by atoms with Crippen LogP contribution in [0.1, 0.15) is 27.9 Å². The quantitative estimate of drug-likeness (QED) is 0.574. The Morgan fingerprint density at radius 1 is 1.53 bits per heavy atom. The van der Waals surface area contributed by atoms with E-state index in [2.05, 4.69) is 11.8 Å². The number of hydrogen-bond donors (Lipinski definition) is 1. The van der Waals surface area contributed by atoms with Crippen LogP contribution in [0.5, 0.6) is 0 Å². The van der Waals surface area contributed by atoms with Crippen LogP contribution in [0.15, 0.2) is 18.2 Å². The summed E-state index contributed by atoms with van der Waals surface area (Å²) < 4.78 is 0. The molecule has 0 radical (unpaired) electrons. The monoisotopic (exact) mass is 201 g/mol. The minimum atomic E-state index is -0.440. The van der Waals surface area contributed by atoms with Crippen molar-refractivity contribution in [1.82, 2.24) is 0 Å². The lowest BCUT2D eigenvalue weighted by molar-refractivity contribution is -0.117. The number of nitrogens with two attached hydrogens (primary N) is 1. The van der Waals surface area contributed by atoms with Crippen LogP contribution >= 0.6 is 0 Å². The number of carbonyl (C=O) groups is 2. The summed E-state index contributed by atoms with van der Waals surface area (Å²) in [5, 5.41) is 0. The molecule has 76 valence electrons. The lowest BCUT2D eigenvalue weighted by Crippen LogP contribution is -2.08. The van der Waals surface area contributed by atoms with E-state index in [4.69, 9.17) is 5.73 Å². The van der Waals surface area contributed by atoms with Gasteiger partial charge in [-0.15, -0.1) is 0 Å². The molecule has 0 saturated carbocycles. The number of carbonyl (C=O) groups excluding carboxylic acids is 2. The molecule has 0 spiro atoms. The largest absolute Gasteiger partial charge is 0.369 e. The van der Waals surface area contributed by atoms with Gasteiger partial charge in [0.1, 0.15) is 6.29 Å². The SMILES string of the molecule is Cc1cc(C=O)ccc1C#CCC(N)=O. The van der Waals surface area contributed by atoms with Gasteiger partial charge in [-0.05, 0) is 24.6 Å². The normalized spacial score (nSPS) is 8.87. The van der Waals surface area contributed by atoms with Crippen LogP contribution in [-0.2, 0) is 4.79 Å². The lowest BCUT2D eigenvalue weighted by Gasteiger charge is -1.97. The van der Waals surface area contributed by atoms with Crippen LogP contribution in [-0.4, -0.2) is 12.2 Å². The van der Waals surface area contributed by atoms with Gasteiger partial charge in [-0.1, -0.05) is 17.9 Å². The molecule has 0 aromatic heterocycles. The Balaban J connectivity index is 2.90. The van der Waals surface area contributed by atoms with Crippen LogP contribution < -0.4 is 5.73 Å². The Morgan fingerprint density at radius 3 is 2.80 bits per heavy atom. The van der Waals surface area contributed by atoms with Crippen molar-refractivity contribution in [2.45, 2.75) is 13.3 Å². The molecule has 1 rings (SSSR count). The molecule has 0 unspecified atom stereocenters. The van der Waals surface area contributed by atoms with E-state index < -0.39 is 5.91 Å². The minimum absolute atomic E-state index is 0.0505. The molecule has 0 fully saturated rings. The number of aldehydes is 1. The van der Waals surface area contributed by atoms with Gasteiger partial charge < -0.3 is 5.73 Å². The van der Waals surface area contributed by atoms with Crippen molar-refractivity contribution in [3.63, 3.8) is 0 Å². The minimum Gasteiger partial charge on any atom is -0.369 e. The second-order valence-corrected chi connectivity index (χ2v) is 3.14. The first-order chi connectivity index (χ1) is 7.13. The van der Waals surface area contributed by atoms with Gasteiger partial charge in [0.2, 0.25) is 5.91 Å². The van der Waals surface area contributed by atoms with Crippen LogP contribution in [0.25, 0.3) is 0 Å². The summed E-state index contributed by atoms with van der Waals surface area (Å²) in [5.74, 6) is 5.06. The number of aryl methyl sites for hydroxylation is 1. The van der Waals surface area contributed by atoms with Gasteiger partial charge in [0.25, 0.3) is 0 Å². The maximum Gasteiger partial charge on any atom is 0.229 e. The Morgan fingerprint density at radius 2 is 2.27 bits per heavy atom. The van der Waals surface area contributed by atoms with Crippen LogP contribution in [0.4, 0.5) is 0 Å². The molecule has 0 aliphatic carbocycles. The maximum absolute atomic E-state index is 10.5. The van der Waals surface area contributed by atoms with Crippen LogP contribution in [0, 0.1) is 18.8 Å². The van der Waals surface area contributed by atoms with Gasteiger partial charge in [-0.25, -0.2) is 0 Å². The third kappa shape index (κ3) is 3.28. The summed E-state index contributed by atoms with van der Waals surface area (Å²) in [7, 11) is 0. The fraction of sp³-hybridized carbons (Fsp3) is 0.167. The molecule has 1 aromatic rings. The van der Waals surface area contributed by atoms with Crippen molar-refractivity contribution in [1.29, 1.82) is 0 Å². The van der Waals surface area contributed by atoms with E-state index >= 15 is 0 Å². The van der Waals surface area contributed by atoms with E-state index in [1.165, 1.54) is 0 Å². The zero-order valence-electron chi connectivity index (χ0n) is 8.41. The van der Waals surface area contributed by atoms with E-state index in [1.54, 1.807) is 18.2 Å². The predicted molar refractivity (Wildman–Crippen MR) is 57.3 cm³/mol. The highest BCUT2D eigenvalue weighted by Crippen LogP contribution is 2.08. The average Bonchev–Trinajstić information content (AvgIpc) is 2.20. The fourth-order valence-corrected chi connectivity index (χ4v) is 1.13. The molecule has 0 bridgehead atoms. The van der Waals surface area contributed by atoms with E-state index in [-0.39, 0.29) is 6.42 Å². The highest BCUT2D eigenvalue weighted by atomic mass is 16.1. The first-order valence-corrected chi connectivity index (χ1v) is 4.46. The van der Waals surface area contributed by atoms with Gasteiger partial charge in [0.15, 0.2) is 0 Å². The standard InChI is InChI=1S/C12H11NO2/c1-9-7-10(8-14)5-6-11(9)3-2-4-12(13)15/h5-8H,4H2,1H3,(H2,13,15). The molecule has 3 heteroatoms. The molecule has 0 atom stereocenters. The van der Waals surface area contributed by atoms with Crippen molar-refractivity contribution in [3.8, 4) is 11.8 Å². The molecular weight excluding hydrogens is 190 g/mol. The van der Waals surface area contributed by atoms with Gasteiger partial charge >= 0.3 is 0 Å². The smallest absolute Gasteiger partial charge is 0.229 e. The van der Waals surface area contributed by atoms with E-state index in [0.29, 0.717) is 5.56 Å². The van der Waals surface area contributed by atoms with Gasteiger partial charge in [-0.2, -0.15) is 0 Å². The first kappa shape index (κ1) is 11.0. The highest BCUT2D eigenvalue weighted by molar-refractivity contribution is 5.77. The topological polar surface area (TPSA) is 60.2 Å². The Hall–Kier alpha value is -2.08. The molecule has 0 heterocycles. The third-order valence-electron chi connectivity index (χ3n) is 1.87. The summed E-state index contributed by atoms with van der Waals surface area (Å²) in [6.07, 6.45) is 0.836. The van der Waals surface area contributed by atoms with Crippen molar-refractivity contribution >= 4 is 12.2 Å².